The van der Waals surface area contributed by atoms with Crippen LogP contribution in [-0.4, -0.2) is 14.8 Å². The highest BCUT2D eigenvalue weighted by Crippen LogP contribution is 2.22. The summed E-state index contributed by atoms with van der Waals surface area (Å²) >= 11 is 5.63. The van der Waals surface area contributed by atoms with Gasteiger partial charge in [-0.05, 0) is 18.2 Å². The van der Waals surface area contributed by atoms with Crippen LogP contribution in [0.2, 0.25) is 5.02 Å². The highest BCUT2D eigenvalue weighted by molar-refractivity contribution is 6.30. The van der Waals surface area contributed by atoms with Gasteiger partial charge in [0.25, 0.3) is 0 Å². The van der Waals surface area contributed by atoms with Crippen LogP contribution in [0.25, 0.3) is 11.4 Å². The number of aryl methyl sites for hydroxylation is 1. The van der Waals surface area contributed by atoms with Gasteiger partial charge in [-0.2, -0.15) is 4.98 Å². The van der Waals surface area contributed by atoms with E-state index in [2.05, 4.69) is 10.1 Å². The van der Waals surface area contributed by atoms with E-state index in [0.717, 1.165) is 0 Å². The van der Waals surface area contributed by atoms with Gasteiger partial charge in [-0.25, -0.2) is 9.07 Å². The summed E-state index contributed by atoms with van der Waals surface area (Å²) in [5, 5.41) is 4.30. The number of halogens is 2. The third-order valence-corrected chi connectivity index (χ3v) is 2.20. The molecule has 78 valence electrons. The van der Waals surface area contributed by atoms with Crippen molar-refractivity contribution in [3.05, 3.63) is 29.0 Å². The number of aromatic nitrogens is 3. The highest BCUT2D eigenvalue weighted by atomic mass is 35.5. The zero-order chi connectivity index (χ0) is 11.0. The summed E-state index contributed by atoms with van der Waals surface area (Å²) in [5.74, 6) is 0.0246. The first kappa shape index (κ1) is 9.92. The van der Waals surface area contributed by atoms with E-state index >= 15 is 0 Å². The van der Waals surface area contributed by atoms with Crippen molar-refractivity contribution in [3.8, 4) is 11.4 Å². The Hall–Kier alpha value is -1.62. The Morgan fingerprint density at radius 2 is 2.20 bits per heavy atom. The summed E-state index contributed by atoms with van der Waals surface area (Å²) in [5.41, 5.74) is 5.78. The van der Waals surface area contributed by atoms with Crippen LogP contribution in [0.5, 0.6) is 0 Å². The molecule has 1 heterocycles. The van der Waals surface area contributed by atoms with Crippen LogP contribution >= 0.6 is 11.6 Å². The first-order chi connectivity index (χ1) is 7.08. The van der Waals surface area contributed by atoms with E-state index in [4.69, 9.17) is 17.3 Å². The number of rotatable bonds is 1. The molecule has 0 atom stereocenters. The molecule has 0 radical (unpaired) electrons. The van der Waals surface area contributed by atoms with Gasteiger partial charge in [0.2, 0.25) is 5.95 Å². The van der Waals surface area contributed by atoms with Crippen LogP contribution in [-0.2, 0) is 7.05 Å². The molecule has 2 aromatic rings. The highest BCUT2D eigenvalue weighted by Gasteiger charge is 2.11. The van der Waals surface area contributed by atoms with Gasteiger partial charge in [0.1, 0.15) is 5.82 Å². The summed E-state index contributed by atoms with van der Waals surface area (Å²) in [6.07, 6.45) is 0. The van der Waals surface area contributed by atoms with E-state index in [1.54, 1.807) is 13.1 Å². The Bertz CT molecular complexity index is 489. The van der Waals surface area contributed by atoms with Crippen molar-refractivity contribution in [1.29, 1.82) is 0 Å². The SMILES string of the molecule is Cn1nc(-c2ccc(Cl)cc2F)nc1N. The summed E-state index contributed by atoms with van der Waals surface area (Å²) in [6, 6.07) is 4.31. The molecule has 1 aromatic heterocycles. The molecule has 4 nitrogen and oxygen atoms in total. The summed E-state index contributed by atoms with van der Waals surface area (Å²) in [4.78, 5) is 3.92. The molecule has 0 fully saturated rings. The molecule has 6 heteroatoms. The fourth-order valence-corrected chi connectivity index (χ4v) is 1.34. The van der Waals surface area contributed by atoms with Crippen LogP contribution < -0.4 is 5.73 Å². The van der Waals surface area contributed by atoms with Gasteiger partial charge in [0, 0.05) is 12.1 Å². The zero-order valence-corrected chi connectivity index (χ0v) is 8.66. The van der Waals surface area contributed by atoms with Gasteiger partial charge < -0.3 is 5.73 Å². The van der Waals surface area contributed by atoms with Gasteiger partial charge in [-0.3, -0.25) is 0 Å². The first-order valence-corrected chi connectivity index (χ1v) is 4.57. The smallest absolute Gasteiger partial charge is 0.218 e. The molecule has 0 aliphatic heterocycles. The molecule has 0 unspecified atom stereocenters. The Labute approximate surface area is 90.5 Å². The van der Waals surface area contributed by atoms with Crippen molar-refractivity contribution in [2.75, 3.05) is 5.73 Å². The second kappa shape index (κ2) is 3.51. The van der Waals surface area contributed by atoms with E-state index in [0.29, 0.717) is 5.02 Å². The average Bonchev–Trinajstić information content (AvgIpc) is 2.46. The molecule has 2 N–H and O–H groups in total. The van der Waals surface area contributed by atoms with Crippen LogP contribution in [0.4, 0.5) is 10.3 Å². The monoisotopic (exact) mass is 226 g/mol. The fraction of sp³-hybridized carbons (Fsp3) is 0.111. The molecular formula is C9H8ClFN4. The predicted octanol–water partition coefficient (Wildman–Crippen LogP) is 1.86. The summed E-state index contributed by atoms with van der Waals surface area (Å²) in [6.45, 7) is 0. The quantitative estimate of drug-likeness (QED) is 0.808. The maximum absolute atomic E-state index is 13.5. The van der Waals surface area contributed by atoms with Gasteiger partial charge in [-0.15, -0.1) is 5.10 Å². The first-order valence-electron chi connectivity index (χ1n) is 4.20. The molecule has 2 rings (SSSR count). The van der Waals surface area contributed by atoms with Crippen LogP contribution in [0.3, 0.4) is 0 Å². The Morgan fingerprint density at radius 3 is 2.73 bits per heavy atom. The van der Waals surface area contributed by atoms with Crippen LogP contribution in [0.1, 0.15) is 0 Å². The van der Waals surface area contributed by atoms with Crippen molar-refractivity contribution in [3.63, 3.8) is 0 Å². The molecular weight excluding hydrogens is 219 g/mol. The second-order valence-electron chi connectivity index (χ2n) is 3.04. The van der Waals surface area contributed by atoms with Crippen molar-refractivity contribution in [2.24, 2.45) is 7.05 Å². The van der Waals surface area contributed by atoms with Gasteiger partial charge in [0.05, 0.1) is 5.56 Å². The number of hydrogen-bond donors (Lipinski definition) is 1. The number of nitrogens with two attached hydrogens (primary N) is 1. The maximum Gasteiger partial charge on any atom is 0.218 e. The van der Waals surface area contributed by atoms with Crippen molar-refractivity contribution < 1.29 is 4.39 Å². The maximum atomic E-state index is 13.5. The minimum absolute atomic E-state index is 0.236. The minimum atomic E-state index is -0.465. The Balaban J connectivity index is 2.54. The topological polar surface area (TPSA) is 56.7 Å². The normalized spacial score (nSPS) is 10.6. The average molecular weight is 227 g/mol. The summed E-state index contributed by atoms with van der Waals surface area (Å²) < 4.78 is 14.8. The van der Waals surface area contributed by atoms with Crippen LogP contribution in [0, 0.1) is 5.82 Å². The largest absolute Gasteiger partial charge is 0.368 e. The molecule has 0 spiro atoms. The molecule has 0 bridgehead atoms. The summed E-state index contributed by atoms with van der Waals surface area (Å²) in [7, 11) is 1.64. The third-order valence-electron chi connectivity index (χ3n) is 1.97. The lowest BCUT2D eigenvalue weighted by atomic mass is 10.2. The standard InChI is InChI=1S/C9H8ClFN4/c1-15-9(12)13-8(14-15)6-3-2-5(10)4-7(6)11/h2-4H,1H3,(H2,12,13,14). The second-order valence-corrected chi connectivity index (χ2v) is 3.48. The molecule has 0 saturated carbocycles. The molecule has 0 aliphatic carbocycles. The van der Waals surface area contributed by atoms with E-state index in [1.165, 1.54) is 16.8 Å². The van der Waals surface area contributed by atoms with E-state index in [1.807, 2.05) is 0 Å². The van der Waals surface area contributed by atoms with Crippen molar-refractivity contribution >= 4 is 17.5 Å². The molecule has 0 amide bonds. The lowest BCUT2D eigenvalue weighted by Crippen LogP contribution is -1.97. The molecule has 1 aromatic carbocycles. The minimum Gasteiger partial charge on any atom is -0.368 e. The van der Waals surface area contributed by atoms with Gasteiger partial charge in [0.15, 0.2) is 5.82 Å². The number of hydrogen-bond acceptors (Lipinski definition) is 3. The number of benzene rings is 1. The van der Waals surface area contributed by atoms with Gasteiger partial charge >= 0.3 is 0 Å². The number of nitrogens with zero attached hydrogens (tertiary/aromatic N) is 3. The predicted molar refractivity (Wildman–Crippen MR) is 55.8 cm³/mol. The molecule has 15 heavy (non-hydrogen) atoms. The third kappa shape index (κ3) is 1.78. The lowest BCUT2D eigenvalue weighted by Gasteiger charge is -1.97. The molecule has 0 aliphatic rings. The van der Waals surface area contributed by atoms with Crippen molar-refractivity contribution in [1.82, 2.24) is 14.8 Å². The number of anilines is 1. The fourth-order valence-electron chi connectivity index (χ4n) is 1.18. The molecule has 0 saturated heterocycles. The van der Waals surface area contributed by atoms with Crippen molar-refractivity contribution in [2.45, 2.75) is 0 Å². The van der Waals surface area contributed by atoms with Crippen LogP contribution in [0.15, 0.2) is 18.2 Å². The zero-order valence-electron chi connectivity index (χ0n) is 7.91. The lowest BCUT2D eigenvalue weighted by molar-refractivity contribution is 0.629. The van der Waals surface area contributed by atoms with E-state index < -0.39 is 5.82 Å². The number of nitrogen functional groups attached to an aromatic ring is 1. The van der Waals surface area contributed by atoms with Gasteiger partial charge in [-0.1, -0.05) is 11.6 Å². The van der Waals surface area contributed by atoms with E-state index in [-0.39, 0.29) is 17.3 Å². The Morgan fingerprint density at radius 1 is 1.47 bits per heavy atom. The van der Waals surface area contributed by atoms with E-state index in [9.17, 15) is 4.39 Å². The Kier molecular flexibility index (Phi) is 2.32.